The van der Waals surface area contributed by atoms with E-state index in [1.165, 1.54) is 6.42 Å². The highest BCUT2D eigenvalue weighted by Crippen LogP contribution is 2.61. The van der Waals surface area contributed by atoms with Gasteiger partial charge in [0.05, 0.1) is 19.3 Å². The molecule has 12 nitrogen and oxygen atoms in total. The molecule has 1 aliphatic heterocycles. The molecule has 0 aromatic heterocycles. The summed E-state index contributed by atoms with van der Waals surface area (Å²) in [5.41, 5.74) is 5.19. The van der Waals surface area contributed by atoms with Crippen molar-refractivity contribution < 1.29 is 29.4 Å². The number of carbonyl (C=O) groups is 2. The molecule has 4 aliphatic rings. The second-order valence-corrected chi connectivity index (χ2v) is 19.0. The van der Waals surface area contributed by atoms with Crippen molar-refractivity contribution in [3.63, 3.8) is 0 Å². The van der Waals surface area contributed by atoms with E-state index in [2.05, 4.69) is 59.4 Å². The minimum atomic E-state index is -0.912. The molecule has 3 saturated carbocycles. The number of aliphatic hydroxyl groups is 2. The number of nitrogens with one attached hydrogen (secondary N) is 2. The minimum Gasteiger partial charge on any atom is -0.491 e. The number of fused-ring (bicyclic) bond motifs is 2. The number of likely N-dealkylation sites (N-methyl/N-ethyl adjacent to an activating group) is 2. The number of hydrogen-bond donors (Lipinski definition) is 4. The van der Waals surface area contributed by atoms with Crippen LogP contribution >= 0.6 is 0 Å². The summed E-state index contributed by atoms with van der Waals surface area (Å²) in [7, 11) is 11.9. The van der Waals surface area contributed by atoms with E-state index in [-0.39, 0.29) is 42.5 Å². The second-order valence-electron chi connectivity index (χ2n) is 19.0. The van der Waals surface area contributed by atoms with Crippen LogP contribution in [-0.2, 0) is 22.6 Å². The van der Waals surface area contributed by atoms with E-state index in [0.717, 1.165) is 34.4 Å². The van der Waals surface area contributed by atoms with E-state index in [1.807, 2.05) is 95.7 Å². The van der Waals surface area contributed by atoms with Crippen molar-refractivity contribution in [3.05, 3.63) is 83.4 Å². The topological polar surface area (TPSA) is 130 Å². The molecule has 0 spiro atoms. The van der Waals surface area contributed by atoms with E-state index >= 15 is 0 Å². The highest BCUT2D eigenvalue weighted by atomic mass is 16.7. The van der Waals surface area contributed by atoms with Gasteiger partial charge >= 0.3 is 0 Å². The fourth-order valence-electron chi connectivity index (χ4n) is 10.0. The monoisotopic (exact) mass is 827 g/mol. The molecular weight excluding hydrogens is 757 g/mol. The second kappa shape index (κ2) is 19.3. The Labute approximate surface area is 358 Å². The summed E-state index contributed by atoms with van der Waals surface area (Å²) in [5, 5.41) is 29.9. The van der Waals surface area contributed by atoms with Gasteiger partial charge in [-0.3, -0.25) is 14.4 Å². The van der Waals surface area contributed by atoms with Gasteiger partial charge in [0.1, 0.15) is 24.5 Å². The molecular formula is C48H70N6O6. The zero-order valence-corrected chi connectivity index (χ0v) is 37.5. The predicted molar refractivity (Wildman–Crippen MR) is 238 cm³/mol. The smallest absolute Gasteiger partial charge is 0.251 e. The van der Waals surface area contributed by atoms with Crippen LogP contribution in [0.4, 0.5) is 5.69 Å². The largest absolute Gasteiger partial charge is 0.491 e. The normalized spacial score (nSPS) is 25.7. The summed E-state index contributed by atoms with van der Waals surface area (Å²) in [5.74, 6) is 1.03. The number of carbonyl (C=O) groups excluding carboxylic acids is 2. The van der Waals surface area contributed by atoms with E-state index in [0.29, 0.717) is 55.2 Å². The van der Waals surface area contributed by atoms with Crippen LogP contribution in [0.3, 0.4) is 0 Å². The number of hydrogen-bond acceptors (Lipinski definition) is 10. The number of para-hydroxylation sites is 1. The molecule has 4 fully saturated rings. The third-order valence-electron chi connectivity index (χ3n) is 13.5. The highest BCUT2D eigenvalue weighted by molar-refractivity contribution is 5.97. The molecule has 3 aliphatic carbocycles. The first kappa shape index (κ1) is 45.5. The first-order valence-electron chi connectivity index (χ1n) is 21.7. The van der Waals surface area contributed by atoms with Crippen LogP contribution in [0.5, 0.6) is 5.75 Å². The Morgan fingerprint density at radius 3 is 2.33 bits per heavy atom. The number of hydroxylamine groups is 2. The molecule has 2 bridgehead atoms. The molecule has 12 heteroatoms. The van der Waals surface area contributed by atoms with Gasteiger partial charge in [-0.05, 0) is 107 Å². The van der Waals surface area contributed by atoms with Crippen molar-refractivity contribution in [1.82, 2.24) is 25.5 Å². The van der Waals surface area contributed by atoms with Gasteiger partial charge in [-0.2, -0.15) is 5.06 Å². The number of aliphatic hydroxyl groups excluding tert-OH is 2. The molecule has 1 saturated heterocycles. The Bertz CT molecular complexity index is 1920. The molecule has 1 heterocycles. The van der Waals surface area contributed by atoms with Gasteiger partial charge in [-0.25, -0.2) is 0 Å². The lowest BCUT2D eigenvalue weighted by Crippen LogP contribution is -2.62. The number of anilines is 1. The molecule has 3 aromatic carbocycles. The minimum absolute atomic E-state index is 0.0269. The van der Waals surface area contributed by atoms with E-state index in [4.69, 9.17) is 9.57 Å². The van der Waals surface area contributed by atoms with Gasteiger partial charge in [0.15, 0.2) is 0 Å². The number of ether oxygens (including phenoxy) is 1. The zero-order valence-electron chi connectivity index (χ0n) is 37.5. The molecule has 0 radical (unpaired) electrons. The molecule has 3 aromatic rings. The van der Waals surface area contributed by atoms with Gasteiger partial charge in [0, 0.05) is 67.6 Å². The van der Waals surface area contributed by atoms with Gasteiger partial charge in [0.25, 0.3) is 5.91 Å². The highest BCUT2D eigenvalue weighted by Gasteiger charge is 2.57. The first-order valence-corrected chi connectivity index (χ1v) is 21.7. The average Bonchev–Trinajstić information content (AvgIpc) is 3.57. The van der Waals surface area contributed by atoms with Crippen LogP contribution in [0.1, 0.15) is 62.0 Å². The lowest BCUT2D eigenvalue weighted by Gasteiger charge is -2.62. The summed E-state index contributed by atoms with van der Waals surface area (Å²) < 4.78 is 6.67. The van der Waals surface area contributed by atoms with Crippen molar-refractivity contribution >= 4 is 17.5 Å². The lowest BCUT2D eigenvalue weighted by atomic mass is 9.45. The number of benzene rings is 3. The third-order valence-corrected chi connectivity index (χ3v) is 13.5. The Kier molecular flexibility index (Phi) is 14.7. The Balaban J connectivity index is 1.33. The average molecular weight is 827 g/mol. The summed E-state index contributed by atoms with van der Waals surface area (Å²) in [4.78, 5) is 41.2. The van der Waals surface area contributed by atoms with Gasteiger partial charge in [-0.1, -0.05) is 69.3 Å². The maximum Gasteiger partial charge on any atom is 0.251 e. The van der Waals surface area contributed by atoms with E-state index < -0.39 is 24.2 Å². The van der Waals surface area contributed by atoms with Crippen molar-refractivity contribution in [2.45, 2.75) is 83.8 Å². The summed E-state index contributed by atoms with van der Waals surface area (Å²) in [6.07, 6.45) is 1.14. The Hall–Kier alpha value is -4.04. The van der Waals surface area contributed by atoms with Crippen molar-refractivity contribution in [3.8, 4) is 16.9 Å². The number of amides is 2. The predicted octanol–water partition coefficient (Wildman–Crippen LogP) is 4.92. The summed E-state index contributed by atoms with van der Waals surface area (Å²) >= 11 is 0. The van der Waals surface area contributed by atoms with Crippen LogP contribution in [0.25, 0.3) is 11.1 Å². The van der Waals surface area contributed by atoms with Crippen LogP contribution in [0.15, 0.2) is 66.7 Å². The fourth-order valence-corrected chi connectivity index (χ4v) is 10.0. The van der Waals surface area contributed by atoms with E-state index in [9.17, 15) is 19.8 Å². The van der Waals surface area contributed by atoms with E-state index in [1.54, 1.807) is 12.0 Å². The maximum absolute atomic E-state index is 14.5. The lowest BCUT2D eigenvalue weighted by molar-refractivity contribution is -0.183. The van der Waals surface area contributed by atoms with Crippen LogP contribution < -0.4 is 20.3 Å². The Morgan fingerprint density at radius 2 is 1.72 bits per heavy atom. The molecule has 328 valence electrons. The first-order chi connectivity index (χ1) is 28.5. The molecule has 0 unspecified atom stereocenters. The van der Waals surface area contributed by atoms with Gasteiger partial charge in [0.2, 0.25) is 5.91 Å². The molecule has 9 atom stereocenters. The maximum atomic E-state index is 14.5. The van der Waals surface area contributed by atoms with Crippen molar-refractivity contribution in [2.24, 2.45) is 29.1 Å². The molecule has 4 N–H and O–H groups in total. The summed E-state index contributed by atoms with van der Waals surface area (Å²) in [6.45, 7) is 10.1. The summed E-state index contributed by atoms with van der Waals surface area (Å²) in [6, 6.07) is 21.1. The third kappa shape index (κ3) is 10.2. The molecule has 2 amide bonds. The van der Waals surface area contributed by atoms with Gasteiger partial charge in [-0.15, -0.1) is 0 Å². The molecule has 7 rings (SSSR count). The fraction of sp³-hybridized carbons (Fsp3) is 0.583. The number of rotatable bonds is 18. The van der Waals surface area contributed by atoms with Crippen LogP contribution in [0, 0.1) is 29.1 Å². The van der Waals surface area contributed by atoms with Crippen LogP contribution in [-0.4, -0.2) is 136 Å². The van der Waals surface area contributed by atoms with Crippen molar-refractivity contribution in [2.75, 3.05) is 73.5 Å². The van der Waals surface area contributed by atoms with Crippen molar-refractivity contribution in [1.29, 1.82) is 0 Å². The van der Waals surface area contributed by atoms with Crippen LogP contribution in [0.2, 0.25) is 0 Å². The zero-order chi connectivity index (χ0) is 43.5. The standard InChI is InChI=1S/C48H70N6O6/c1-30-40-25-36(48(40,3)4)26-41(30)50-47(58)44-43(31(2)56)42(29-55)60-54(44)27-33-17-14-18-39(45(33)59-20-19-51(5)6)34-22-35(24-38(23-34)53(9)10)46(57)49-37(28-52(7)8)21-32-15-12-11-13-16-32/h11-18,22-24,30-31,36-37,40-44,55-56H,19-21,25-29H2,1-10H3,(H,49,57)(H,50,58)/t30-,31-,36+,37-,40-,41-,42-,43+,44-/m0/s1. The number of nitrogens with zero attached hydrogens (tertiary/aromatic N) is 4. The van der Waals surface area contributed by atoms with Gasteiger partial charge < -0.3 is 40.3 Å². The Morgan fingerprint density at radius 1 is 0.983 bits per heavy atom. The SMILES string of the molecule is C[C@@H]1[C@@H](NC(=O)[C@@H]2[C@H]([C@H](C)O)[C@H](CO)ON2Cc2cccc(-c3cc(C(=O)N[C@@H](Cc4ccccc4)CN(C)C)cc(N(C)C)c3)c2OCCN(C)C)C[C@H]2C[C@@H]1C2(C)C. The molecule has 60 heavy (non-hydrogen) atoms. The quantitative estimate of drug-likeness (QED) is 0.140.